The van der Waals surface area contributed by atoms with E-state index in [4.69, 9.17) is 21.8 Å². The molecule has 328 valence electrons. The van der Waals surface area contributed by atoms with Crippen LogP contribution in [0.5, 0.6) is 0 Å². The van der Waals surface area contributed by atoms with Gasteiger partial charge in [-0.2, -0.15) is 0 Å². The number of amides is 2. The fraction of sp³-hybridized carbons (Fsp3) is 0.905. The topological polar surface area (TPSA) is 153 Å². The van der Waals surface area contributed by atoms with Gasteiger partial charge < -0.3 is 25.7 Å². The third-order valence-electron chi connectivity index (χ3n) is 9.63. The van der Waals surface area contributed by atoms with Crippen molar-refractivity contribution in [3.05, 3.63) is 0 Å². The first-order valence-electron chi connectivity index (χ1n) is 20.3. The average Bonchev–Trinajstić information content (AvgIpc) is 3.13. The van der Waals surface area contributed by atoms with Crippen molar-refractivity contribution in [1.29, 1.82) is 0 Å². The Morgan fingerprint density at radius 3 is 1.04 bits per heavy atom. The molecule has 10 nitrogen and oxygen atoms in total. The van der Waals surface area contributed by atoms with Crippen LogP contribution in [0.2, 0.25) is 0 Å². The van der Waals surface area contributed by atoms with Gasteiger partial charge in [0.25, 0.3) is 0 Å². The number of halogens is 2. The van der Waals surface area contributed by atoms with Crippen LogP contribution < -0.4 is 11.1 Å². The number of nitrogens with two attached hydrogens (primary N) is 1. The number of carboxylic acids is 2. The third-order valence-corrected chi connectivity index (χ3v) is 9.86. The molecule has 0 rings (SSSR count). The maximum Gasteiger partial charge on any atom is 0.317 e. The van der Waals surface area contributed by atoms with Crippen LogP contribution in [-0.2, 0) is 19.2 Å². The molecule has 0 aromatic carbocycles. The van der Waals surface area contributed by atoms with E-state index in [9.17, 15) is 19.2 Å². The van der Waals surface area contributed by atoms with Gasteiger partial charge in [-0.25, -0.2) is 0 Å². The number of rotatable bonds is 30. The summed E-state index contributed by atoms with van der Waals surface area (Å²) >= 11 is 5.82. The van der Waals surface area contributed by atoms with Gasteiger partial charge in [-0.3, -0.25) is 24.5 Å². The van der Waals surface area contributed by atoms with E-state index in [0.29, 0.717) is 23.7 Å². The number of nitrogens with zero attached hydrogens (tertiary/aromatic N) is 2. The predicted octanol–water partition coefficient (Wildman–Crippen LogP) is 10.1. The van der Waals surface area contributed by atoms with Gasteiger partial charge in [0.05, 0.1) is 19.6 Å². The molecule has 4 atom stereocenters. The van der Waals surface area contributed by atoms with Gasteiger partial charge in [-0.15, -0.1) is 24.0 Å². The predicted molar refractivity (Wildman–Crippen MR) is 235 cm³/mol. The van der Waals surface area contributed by atoms with Gasteiger partial charge in [-0.05, 0) is 49.4 Å². The molecule has 5 N–H and O–H groups in total. The van der Waals surface area contributed by atoms with Gasteiger partial charge in [-0.1, -0.05) is 147 Å². The van der Waals surface area contributed by atoms with Crippen molar-refractivity contribution in [2.75, 3.05) is 51.7 Å². The minimum Gasteiger partial charge on any atom is -0.480 e. The minimum absolute atomic E-state index is 0. The first-order chi connectivity index (χ1) is 24.4. The molecule has 0 heterocycles. The number of carbonyl (C=O) groups is 4. The van der Waals surface area contributed by atoms with E-state index in [2.05, 4.69) is 66.4 Å². The molecule has 0 saturated heterocycles. The number of nitrogens with one attached hydrogen (secondary N) is 1. The monoisotopic (exact) mass is 817 g/mol. The van der Waals surface area contributed by atoms with E-state index < -0.39 is 11.9 Å². The summed E-state index contributed by atoms with van der Waals surface area (Å²) in [4.78, 5) is 48.7. The van der Waals surface area contributed by atoms with E-state index in [0.717, 1.165) is 64.7 Å². The summed E-state index contributed by atoms with van der Waals surface area (Å²) in [6.07, 6.45) is 19.0. The lowest BCUT2D eigenvalue weighted by molar-refractivity contribution is -0.137. The molecule has 4 unspecified atom stereocenters. The Morgan fingerprint density at radius 2 is 0.833 bits per heavy atom. The molecule has 0 aliphatic rings. The van der Waals surface area contributed by atoms with Gasteiger partial charge in [0, 0.05) is 26.2 Å². The molecule has 54 heavy (non-hydrogen) atoms. The van der Waals surface area contributed by atoms with Gasteiger partial charge in [0.1, 0.15) is 5.88 Å². The maximum atomic E-state index is 12.6. The highest BCUT2D eigenvalue weighted by Gasteiger charge is 2.22. The number of hydrogen-bond acceptors (Lipinski definition) is 6. The van der Waals surface area contributed by atoms with Crippen LogP contribution in [-0.4, -0.2) is 95.5 Å². The van der Waals surface area contributed by atoms with Crippen LogP contribution in [0, 0.1) is 23.7 Å². The van der Waals surface area contributed by atoms with E-state index >= 15 is 0 Å². The fourth-order valence-electron chi connectivity index (χ4n) is 5.94. The number of unbranched alkanes of at least 4 members (excludes halogenated alkanes) is 4. The molecule has 0 saturated carbocycles. The number of hydrogen-bond donors (Lipinski definition) is 4. The molecule has 12 heteroatoms. The van der Waals surface area contributed by atoms with Crippen LogP contribution in [0.25, 0.3) is 0 Å². The molecule has 0 aromatic heterocycles. The highest BCUT2D eigenvalue weighted by Crippen LogP contribution is 2.20. The molecule has 2 amide bonds. The van der Waals surface area contributed by atoms with Crippen LogP contribution >= 0.6 is 24.0 Å². The Balaban J connectivity index is -0.000000182. The second-order valence-corrected chi connectivity index (χ2v) is 14.3. The molecule has 0 aliphatic heterocycles. The van der Waals surface area contributed by atoms with Crippen LogP contribution in [0.4, 0.5) is 0 Å². The second kappa shape index (κ2) is 45.8. The lowest BCUT2D eigenvalue weighted by Crippen LogP contribution is -2.44. The summed E-state index contributed by atoms with van der Waals surface area (Å²) in [5.74, 6) is 0.690. The van der Waals surface area contributed by atoms with Crippen molar-refractivity contribution in [3.8, 4) is 0 Å². The lowest BCUT2D eigenvalue weighted by atomic mass is 9.95. The van der Waals surface area contributed by atoms with Crippen molar-refractivity contribution < 1.29 is 29.4 Å². The zero-order chi connectivity index (χ0) is 39.5. The van der Waals surface area contributed by atoms with Gasteiger partial charge in [0.15, 0.2) is 0 Å². The number of carbonyl (C=O) groups excluding carboxylic acids is 2. The highest BCUT2D eigenvalue weighted by atomic mass is 35.5. The minimum atomic E-state index is -0.968. The van der Waals surface area contributed by atoms with E-state index in [1.807, 2.05) is 9.80 Å². The first kappa shape index (κ1) is 64.3. The van der Waals surface area contributed by atoms with Crippen LogP contribution in [0.3, 0.4) is 0 Å². The summed E-state index contributed by atoms with van der Waals surface area (Å²) in [6.45, 7) is 20.8. The van der Waals surface area contributed by atoms with Crippen LogP contribution in [0.1, 0.15) is 173 Å². The van der Waals surface area contributed by atoms with Crippen molar-refractivity contribution in [2.24, 2.45) is 29.4 Å². The van der Waals surface area contributed by atoms with Gasteiger partial charge in [0.2, 0.25) is 11.8 Å². The normalized spacial score (nSPS) is 12.3. The molecule has 0 fully saturated rings. The summed E-state index contributed by atoms with van der Waals surface area (Å²) in [5, 5.41) is 19.1. The summed E-state index contributed by atoms with van der Waals surface area (Å²) in [5.41, 5.74) is 4.57. The molecule has 0 radical (unpaired) electrons. The Labute approximate surface area is 345 Å². The fourth-order valence-corrected chi connectivity index (χ4v) is 6.11. The maximum absolute atomic E-state index is 12.6. The highest BCUT2D eigenvalue weighted by molar-refractivity contribution is 6.27. The Hall–Kier alpha value is -1.62. The summed E-state index contributed by atoms with van der Waals surface area (Å²) in [7, 11) is 0. The molecule has 0 aromatic rings. The van der Waals surface area contributed by atoms with Crippen molar-refractivity contribution >= 4 is 47.8 Å². The zero-order valence-electron chi connectivity index (χ0n) is 34.6. The number of carboxylic acid groups (broad SMARTS) is 2. The zero-order valence-corrected chi connectivity index (χ0v) is 36.1. The van der Waals surface area contributed by atoms with E-state index in [1.54, 1.807) is 0 Å². The van der Waals surface area contributed by atoms with E-state index in [1.165, 1.54) is 64.2 Å². The second-order valence-electron chi connectivity index (χ2n) is 14.0. The average molecular weight is 818 g/mol. The molecule has 0 spiro atoms. The standard InChI is InChI=1S/C20H40N2O3.C18H36ClNO.C2H5NO2.2CH4.ClH/c1-5-9-11-17(7-3)15-22(16-18(8-4)12-10-6-2)19(23)13-21-14-20(24)25;1-5-9-11-16(7-3)14-20(18(21)13-19)15-17(8-4)12-10-6-2;3-1-2(4)5;;;/h17-18,21H,5-16H2,1-4H3,(H,24,25);16-17H,5-15H2,1-4H3;1,3H2,(H,4,5);2*1H4;1H. The van der Waals surface area contributed by atoms with Gasteiger partial charge >= 0.3 is 11.9 Å². The van der Waals surface area contributed by atoms with Crippen molar-refractivity contribution in [1.82, 2.24) is 15.1 Å². The molecule has 0 bridgehead atoms. The quantitative estimate of drug-likeness (QED) is 0.0523. The van der Waals surface area contributed by atoms with E-state index in [-0.39, 0.29) is 64.6 Å². The summed E-state index contributed by atoms with van der Waals surface area (Å²) < 4.78 is 0. The smallest absolute Gasteiger partial charge is 0.317 e. The molecule has 0 aliphatic carbocycles. The number of aliphatic carboxylic acids is 2. The Kier molecular flexibility index (Phi) is 54.5. The van der Waals surface area contributed by atoms with Crippen molar-refractivity contribution in [2.45, 2.75) is 173 Å². The first-order valence-corrected chi connectivity index (χ1v) is 20.9. The lowest BCUT2D eigenvalue weighted by Gasteiger charge is -2.31. The Morgan fingerprint density at radius 1 is 0.556 bits per heavy atom. The SMILES string of the molecule is C.C.CCCCC(CC)CN(CC(CC)CCCC)C(=O)CCl.CCCCC(CC)CN(CC(CC)CCCC)C(=O)CNCC(=O)O.Cl.NCC(=O)O. The molecular formula is C42H90Cl2N4O6. The largest absolute Gasteiger partial charge is 0.480 e. The third kappa shape index (κ3) is 38.6. The molecular weight excluding hydrogens is 727 g/mol. The number of alkyl halides is 1. The van der Waals surface area contributed by atoms with Crippen molar-refractivity contribution in [3.63, 3.8) is 0 Å². The van der Waals surface area contributed by atoms with Crippen LogP contribution in [0.15, 0.2) is 0 Å². The Bertz CT molecular complexity index is 820. The summed E-state index contributed by atoms with van der Waals surface area (Å²) in [6, 6.07) is 0.